The summed E-state index contributed by atoms with van der Waals surface area (Å²) < 4.78 is 7.56. The van der Waals surface area contributed by atoms with Crippen molar-refractivity contribution < 1.29 is 9.53 Å². The Hall–Kier alpha value is -2.26. The van der Waals surface area contributed by atoms with Crippen LogP contribution >= 0.6 is 23.1 Å². The maximum Gasteiger partial charge on any atom is 0.316 e. The number of aromatic nitrogens is 5. The minimum atomic E-state index is -0.292. The summed E-state index contributed by atoms with van der Waals surface area (Å²) in [5.41, 5.74) is 5.84. The molecule has 0 bridgehead atoms. The quantitative estimate of drug-likeness (QED) is 0.353. The molecule has 4 aromatic rings. The number of hydrogen-bond donors (Lipinski definition) is 0. The standard InChI is InChI=1S/C20H21N5O2S2/c1-10(2)7-13-11-5-4-6-12(11)15-16-17(29-19(15)22-13)18-23-24-20(25(18)9-21-16)28-8-14(26)27-3/h9-10H,4-8H2,1-3H3. The van der Waals surface area contributed by atoms with Gasteiger partial charge in [0.1, 0.15) is 15.9 Å². The number of thiophene rings is 1. The van der Waals surface area contributed by atoms with Gasteiger partial charge in [0, 0.05) is 11.1 Å². The SMILES string of the molecule is COC(=O)CSc1nnc2c3sc4nc(CC(C)C)c5c(c4c3ncn12)CCC5. The number of esters is 1. The lowest BCUT2D eigenvalue weighted by atomic mass is 9.99. The van der Waals surface area contributed by atoms with E-state index in [-0.39, 0.29) is 11.7 Å². The van der Waals surface area contributed by atoms with E-state index in [1.54, 1.807) is 17.7 Å². The lowest BCUT2D eigenvalue weighted by Crippen LogP contribution is -2.04. The molecule has 0 unspecified atom stereocenters. The molecule has 0 aromatic carbocycles. The Bertz CT molecular complexity index is 1260. The molecule has 0 saturated heterocycles. The Labute approximate surface area is 175 Å². The molecule has 1 aliphatic carbocycles. The summed E-state index contributed by atoms with van der Waals surface area (Å²) in [6.07, 6.45) is 6.14. The lowest BCUT2D eigenvalue weighted by Gasteiger charge is -2.11. The molecule has 0 amide bonds. The van der Waals surface area contributed by atoms with Crippen LogP contribution in [0.2, 0.25) is 0 Å². The number of ether oxygens (including phenoxy) is 1. The molecule has 0 spiro atoms. The normalized spacial score (nSPS) is 13.8. The summed E-state index contributed by atoms with van der Waals surface area (Å²) in [7, 11) is 1.38. The average Bonchev–Trinajstić information content (AvgIpc) is 3.40. The van der Waals surface area contributed by atoms with Crippen molar-refractivity contribution in [2.24, 2.45) is 5.92 Å². The smallest absolute Gasteiger partial charge is 0.316 e. The molecular formula is C20H21N5O2S2. The maximum atomic E-state index is 11.5. The lowest BCUT2D eigenvalue weighted by molar-refractivity contribution is -0.137. The van der Waals surface area contributed by atoms with E-state index in [0.717, 1.165) is 40.0 Å². The van der Waals surface area contributed by atoms with Gasteiger partial charge in [-0.3, -0.25) is 9.20 Å². The van der Waals surface area contributed by atoms with E-state index >= 15 is 0 Å². The zero-order chi connectivity index (χ0) is 20.1. The summed E-state index contributed by atoms with van der Waals surface area (Å²) in [5, 5.41) is 10.5. The number of thioether (sulfide) groups is 1. The van der Waals surface area contributed by atoms with E-state index in [0.29, 0.717) is 11.1 Å². The molecule has 0 saturated carbocycles. The van der Waals surface area contributed by atoms with Gasteiger partial charge in [-0.2, -0.15) is 0 Å². The van der Waals surface area contributed by atoms with Gasteiger partial charge in [-0.05, 0) is 42.7 Å². The maximum absolute atomic E-state index is 11.5. The fourth-order valence-corrected chi connectivity index (χ4v) is 5.94. The van der Waals surface area contributed by atoms with Crippen molar-refractivity contribution in [3.63, 3.8) is 0 Å². The first-order valence-corrected chi connectivity index (χ1v) is 11.5. The molecule has 0 atom stereocenters. The first kappa shape index (κ1) is 18.7. The van der Waals surface area contributed by atoms with Crippen LogP contribution in [0.5, 0.6) is 0 Å². The van der Waals surface area contributed by atoms with Crippen LogP contribution in [0.4, 0.5) is 0 Å². The molecule has 4 aromatic heterocycles. The van der Waals surface area contributed by atoms with Gasteiger partial charge in [-0.25, -0.2) is 9.97 Å². The van der Waals surface area contributed by atoms with Crippen molar-refractivity contribution in [2.45, 2.75) is 44.7 Å². The highest BCUT2D eigenvalue weighted by Crippen LogP contribution is 2.41. The highest BCUT2D eigenvalue weighted by Gasteiger charge is 2.25. The van der Waals surface area contributed by atoms with Crippen molar-refractivity contribution in [1.82, 2.24) is 24.6 Å². The number of carbonyl (C=O) groups is 1. The molecule has 5 rings (SSSR count). The molecule has 9 heteroatoms. The Kier molecular flexibility index (Phi) is 4.66. The number of aryl methyl sites for hydroxylation is 1. The molecule has 29 heavy (non-hydrogen) atoms. The van der Waals surface area contributed by atoms with Crippen LogP contribution in [0.25, 0.3) is 26.1 Å². The second-order valence-electron chi connectivity index (χ2n) is 7.71. The molecule has 7 nitrogen and oxygen atoms in total. The monoisotopic (exact) mass is 427 g/mol. The van der Waals surface area contributed by atoms with Gasteiger partial charge in [0.05, 0.1) is 18.4 Å². The van der Waals surface area contributed by atoms with E-state index in [4.69, 9.17) is 14.7 Å². The van der Waals surface area contributed by atoms with Crippen molar-refractivity contribution >= 4 is 55.1 Å². The number of fused-ring (bicyclic) bond motifs is 7. The van der Waals surface area contributed by atoms with Crippen molar-refractivity contribution in [3.05, 3.63) is 23.1 Å². The van der Waals surface area contributed by atoms with E-state index in [1.165, 1.54) is 47.5 Å². The fourth-order valence-electron chi connectivity index (χ4n) is 4.05. The predicted molar refractivity (Wildman–Crippen MR) is 115 cm³/mol. The highest BCUT2D eigenvalue weighted by atomic mass is 32.2. The summed E-state index contributed by atoms with van der Waals surface area (Å²) in [6, 6.07) is 0. The Balaban J connectivity index is 1.68. The van der Waals surface area contributed by atoms with E-state index in [2.05, 4.69) is 24.0 Å². The van der Waals surface area contributed by atoms with Gasteiger partial charge >= 0.3 is 5.97 Å². The van der Waals surface area contributed by atoms with Crippen LogP contribution in [-0.2, 0) is 28.8 Å². The van der Waals surface area contributed by atoms with Crippen LogP contribution in [0.1, 0.15) is 37.1 Å². The summed E-state index contributed by atoms with van der Waals surface area (Å²) in [4.78, 5) is 22.3. The van der Waals surface area contributed by atoms with Gasteiger partial charge in [0.25, 0.3) is 0 Å². The third-order valence-electron chi connectivity index (χ3n) is 5.29. The van der Waals surface area contributed by atoms with Gasteiger partial charge in [-0.15, -0.1) is 21.5 Å². The third-order valence-corrected chi connectivity index (χ3v) is 7.27. The van der Waals surface area contributed by atoms with E-state index < -0.39 is 0 Å². The minimum Gasteiger partial charge on any atom is -0.468 e. The third kappa shape index (κ3) is 3.07. The van der Waals surface area contributed by atoms with Gasteiger partial charge in [0.2, 0.25) is 0 Å². The van der Waals surface area contributed by atoms with E-state index in [1.807, 2.05) is 4.40 Å². The second-order valence-corrected chi connectivity index (χ2v) is 9.65. The number of methoxy groups -OCH3 is 1. The Morgan fingerprint density at radius 3 is 2.93 bits per heavy atom. The van der Waals surface area contributed by atoms with Crippen LogP contribution in [0.3, 0.4) is 0 Å². The number of carbonyl (C=O) groups excluding carboxylic acids is 1. The van der Waals surface area contributed by atoms with Crippen LogP contribution in [0, 0.1) is 5.92 Å². The minimum absolute atomic E-state index is 0.190. The van der Waals surface area contributed by atoms with Gasteiger partial charge < -0.3 is 4.74 Å². The van der Waals surface area contributed by atoms with Crippen molar-refractivity contribution in [1.29, 1.82) is 0 Å². The number of rotatable bonds is 5. The Morgan fingerprint density at radius 1 is 1.31 bits per heavy atom. The molecule has 1 aliphatic rings. The average molecular weight is 428 g/mol. The van der Waals surface area contributed by atoms with E-state index in [9.17, 15) is 4.79 Å². The van der Waals surface area contributed by atoms with Crippen molar-refractivity contribution in [3.8, 4) is 0 Å². The molecule has 4 heterocycles. The molecule has 0 N–H and O–H groups in total. The molecular weight excluding hydrogens is 406 g/mol. The summed E-state index contributed by atoms with van der Waals surface area (Å²) in [6.45, 7) is 4.49. The van der Waals surface area contributed by atoms with Crippen LogP contribution in [0.15, 0.2) is 11.5 Å². The topological polar surface area (TPSA) is 82.3 Å². The molecule has 0 aliphatic heterocycles. The first-order valence-electron chi connectivity index (χ1n) is 9.73. The summed E-state index contributed by atoms with van der Waals surface area (Å²) >= 11 is 2.94. The number of nitrogens with zero attached hydrogens (tertiary/aromatic N) is 5. The zero-order valence-electron chi connectivity index (χ0n) is 16.6. The Morgan fingerprint density at radius 2 is 2.14 bits per heavy atom. The number of pyridine rings is 1. The summed E-state index contributed by atoms with van der Waals surface area (Å²) in [5.74, 6) is 0.477. The van der Waals surface area contributed by atoms with Gasteiger partial charge in [0.15, 0.2) is 10.8 Å². The van der Waals surface area contributed by atoms with Crippen molar-refractivity contribution in [2.75, 3.05) is 12.9 Å². The van der Waals surface area contributed by atoms with Crippen LogP contribution in [-0.4, -0.2) is 43.4 Å². The molecule has 0 radical (unpaired) electrons. The first-order chi connectivity index (χ1) is 14.1. The number of hydrogen-bond acceptors (Lipinski definition) is 8. The zero-order valence-corrected chi connectivity index (χ0v) is 18.2. The second kappa shape index (κ2) is 7.21. The highest BCUT2D eigenvalue weighted by molar-refractivity contribution is 7.99. The largest absolute Gasteiger partial charge is 0.468 e. The van der Waals surface area contributed by atoms with Crippen LogP contribution < -0.4 is 0 Å². The predicted octanol–water partition coefficient (Wildman–Crippen LogP) is 3.84. The molecule has 150 valence electrons. The molecule has 0 fully saturated rings. The van der Waals surface area contributed by atoms with Gasteiger partial charge in [-0.1, -0.05) is 25.6 Å². The fraction of sp³-hybridized carbons (Fsp3) is 0.450.